The molecule has 0 bridgehead atoms. The van der Waals surface area contributed by atoms with Crippen LogP contribution in [0.4, 0.5) is 0 Å². The topological polar surface area (TPSA) is 56.7 Å². The van der Waals surface area contributed by atoms with Crippen LogP contribution in [0.15, 0.2) is 30.9 Å². The predicted octanol–water partition coefficient (Wildman–Crippen LogP) is 1.98. The van der Waals surface area contributed by atoms with Crippen LogP contribution in [0.3, 0.4) is 0 Å². The lowest BCUT2D eigenvalue weighted by Gasteiger charge is -2.11. The number of hydrogen-bond donors (Lipinski definition) is 1. The summed E-state index contributed by atoms with van der Waals surface area (Å²) in [6.07, 6.45) is 3.10. The highest BCUT2D eigenvalue weighted by Gasteiger charge is 2.08. The molecule has 1 aromatic carbocycles. The Bertz CT molecular complexity index is 467. The Morgan fingerprint density at radius 1 is 1.50 bits per heavy atom. The number of aromatic nitrogens is 3. The first kappa shape index (κ1) is 11.1. The largest absolute Gasteiger partial charge is 0.330 e. The molecule has 2 aromatic rings. The van der Waals surface area contributed by atoms with Gasteiger partial charge in [-0.25, -0.2) is 9.67 Å². The number of halogens is 1. The van der Waals surface area contributed by atoms with Crippen molar-refractivity contribution in [3.63, 3.8) is 0 Å². The van der Waals surface area contributed by atoms with Crippen molar-refractivity contribution < 1.29 is 0 Å². The molecule has 0 saturated heterocycles. The fourth-order valence-corrected chi connectivity index (χ4v) is 1.76. The maximum Gasteiger partial charge on any atom is 0.138 e. The monoisotopic (exact) mass is 236 g/mol. The maximum absolute atomic E-state index is 6.19. The summed E-state index contributed by atoms with van der Waals surface area (Å²) in [5.41, 5.74) is 7.58. The summed E-state index contributed by atoms with van der Waals surface area (Å²) in [7, 11) is 0. The third-order valence-electron chi connectivity index (χ3n) is 2.56. The Hall–Kier alpha value is -1.39. The Morgan fingerprint density at radius 3 is 2.88 bits per heavy atom. The standard InChI is InChI=1S/C11H13ClN4/c1-8(5-13)9-2-3-11(10(12)4-9)16-7-14-6-15-16/h2-4,6-8H,5,13H2,1H3. The highest BCUT2D eigenvalue weighted by Crippen LogP contribution is 2.24. The van der Waals surface area contributed by atoms with Gasteiger partial charge in [0.1, 0.15) is 12.7 Å². The Balaban J connectivity index is 2.37. The Kier molecular flexibility index (Phi) is 3.22. The van der Waals surface area contributed by atoms with Crippen molar-refractivity contribution in [1.82, 2.24) is 14.8 Å². The Morgan fingerprint density at radius 2 is 2.31 bits per heavy atom. The van der Waals surface area contributed by atoms with Crippen LogP contribution in [0.5, 0.6) is 0 Å². The second kappa shape index (κ2) is 4.63. The second-order valence-corrected chi connectivity index (χ2v) is 4.09. The molecule has 1 atom stereocenters. The van der Waals surface area contributed by atoms with Gasteiger partial charge in [0.25, 0.3) is 0 Å². The summed E-state index contributed by atoms with van der Waals surface area (Å²) in [5.74, 6) is 0.308. The van der Waals surface area contributed by atoms with Crippen LogP contribution in [0.1, 0.15) is 18.4 Å². The molecule has 5 heteroatoms. The van der Waals surface area contributed by atoms with Crippen molar-refractivity contribution in [2.24, 2.45) is 5.73 Å². The number of rotatable bonds is 3. The van der Waals surface area contributed by atoms with Gasteiger partial charge in [-0.15, -0.1) is 0 Å². The van der Waals surface area contributed by atoms with Gasteiger partial charge in [0.15, 0.2) is 0 Å². The summed E-state index contributed by atoms with van der Waals surface area (Å²) in [6.45, 7) is 2.68. The highest BCUT2D eigenvalue weighted by atomic mass is 35.5. The number of hydrogen-bond acceptors (Lipinski definition) is 3. The van der Waals surface area contributed by atoms with E-state index in [0.717, 1.165) is 11.3 Å². The van der Waals surface area contributed by atoms with Gasteiger partial charge in [0.2, 0.25) is 0 Å². The SMILES string of the molecule is CC(CN)c1ccc(-n2cncn2)c(Cl)c1. The van der Waals surface area contributed by atoms with Crippen LogP contribution in [0, 0.1) is 0 Å². The van der Waals surface area contributed by atoms with E-state index in [2.05, 4.69) is 17.0 Å². The van der Waals surface area contributed by atoms with E-state index in [0.29, 0.717) is 17.5 Å². The molecule has 2 rings (SSSR count). The average molecular weight is 237 g/mol. The molecule has 0 radical (unpaired) electrons. The molecule has 0 aliphatic heterocycles. The van der Waals surface area contributed by atoms with E-state index in [9.17, 15) is 0 Å². The van der Waals surface area contributed by atoms with Crippen LogP contribution in [0.2, 0.25) is 5.02 Å². The van der Waals surface area contributed by atoms with Gasteiger partial charge in [0, 0.05) is 0 Å². The molecule has 1 heterocycles. The lowest BCUT2D eigenvalue weighted by molar-refractivity contribution is 0.772. The van der Waals surface area contributed by atoms with E-state index in [1.807, 2.05) is 18.2 Å². The van der Waals surface area contributed by atoms with Crippen LogP contribution < -0.4 is 5.73 Å². The lowest BCUT2D eigenvalue weighted by Crippen LogP contribution is -2.09. The third kappa shape index (κ3) is 2.08. The molecule has 0 spiro atoms. The van der Waals surface area contributed by atoms with Gasteiger partial charge < -0.3 is 5.73 Å². The molecule has 0 aliphatic rings. The van der Waals surface area contributed by atoms with E-state index >= 15 is 0 Å². The van der Waals surface area contributed by atoms with Gasteiger partial charge in [-0.3, -0.25) is 0 Å². The fraction of sp³-hybridized carbons (Fsp3) is 0.273. The molecule has 0 aliphatic carbocycles. The quantitative estimate of drug-likeness (QED) is 0.887. The molecule has 0 fully saturated rings. The second-order valence-electron chi connectivity index (χ2n) is 3.69. The number of nitrogens with two attached hydrogens (primary N) is 1. The average Bonchev–Trinajstić information content (AvgIpc) is 2.81. The Labute approximate surface area is 99.1 Å². The van der Waals surface area contributed by atoms with Crippen LogP contribution in [-0.4, -0.2) is 21.3 Å². The van der Waals surface area contributed by atoms with Gasteiger partial charge in [-0.05, 0) is 30.2 Å². The third-order valence-corrected chi connectivity index (χ3v) is 2.86. The molecule has 16 heavy (non-hydrogen) atoms. The molecule has 2 N–H and O–H groups in total. The molecular formula is C11H13ClN4. The fourth-order valence-electron chi connectivity index (χ4n) is 1.48. The van der Waals surface area contributed by atoms with Gasteiger partial charge in [0.05, 0.1) is 10.7 Å². The zero-order valence-electron chi connectivity index (χ0n) is 8.97. The van der Waals surface area contributed by atoms with Gasteiger partial charge in [-0.2, -0.15) is 5.10 Å². The zero-order valence-corrected chi connectivity index (χ0v) is 9.72. The number of nitrogens with zero attached hydrogens (tertiary/aromatic N) is 3. The normalized spacial score (nSPS) is 12.7. The highest BCUT2D eigenvalue weighted by molar-refractivity contribution is 6.32. The summed E-state index contributed by atoms with van der Waals surface area (Å²) >= 11 is 6.19. The molecular weight excluding hydrogens is 224 g/mol. The lowest BCUT2D eigenvalue weighted by atomic mass is 10.0. The molecule has 84 valence electrons. The first-order chi connectivity index (χ1) is 7.72. The molecule has 0 amide bonds. The van der Waals surface area contributed by atoms with Crippen LogP contribution in [0.25, 0.3) is 5.69 Å². The first-order valence-corrected chi connectivity index (χ1v) is 5.44. The van der Waals surface area contributed by atoms with E-state index in [-0.39, 0.29) is 0 Å². The van der Waals surface area contributed by atoms with Crippen molar-refractivity contribution in [2.75, 3.05) is 6.54 Å². The molecule has 1 unspecified atom stereocenters. The molecule has 1 aromatic heterocycles. The van der Waals surface area contributed by atoms with Crippen molar-refractivity contribution in [1.29, 1.82) is 0 Å². The van der Waals surface area contributed by atoms with Gasteiger partial charge >= 0.3 is 0 Å². The minimum absolute atomic E-state index is 0.308. The predicted molar refractivity (Wildman–Crippen MR) is 63.8 cm³/mol. The van der Waals surface area contributed by atoms with Crippen LogP contribution in [-0.2, 0) is 0 Å². The van der Waals surface area contributed by atoms with E-state index in [1.165, 1.54) is 6.33 Å². The van der Waals surface area contributed by atoms with Crippen molar-refractivity contribution in [3.05, 3.63) is 41.4 Å². The zero-order chi connectivity index (χ0) is 11.5. The van der Waals surface area contributed by atoms with E-state index in [1.54, 1.807) is 11.0 Å². The first-order valence-electron chi connectivity index (χ1n) is 5.07. The summed E-state index contributed by atoms with van der Waals surface area (Å²) in [6, 6.07) is 5.87. The van der Waals surface area contributed by atoms with Crippen molar-refractivity contribution >= 4 is 11.6 Å². The summed E-state index contributed by atoms with van der Waals surface area (Å²) in [5, 5.41) is 4.69. The molecule has 0 saturated carbocycles. The van der Waals surface area contributed by atoms with Crippen LogP contribution >= 0.6 is 11.6 Å². The minimum atomic E-state index is 0.308. The van der Waals surface area contributed by atoms with E-state index < -0.39 is 0 Å². The summed E-state index contributed by atoms with van der Waals surface area (Å²) in [4.78, 5) is 3.89. The summed E-state index contributed by atoms with van der Waals surface area (Å²) < 4.78 is 1.64. The van der Waals surface area contributed by atoms with Crippen molar-refractivity contribution in [2.45, 2.75) is 12.8 Å². The smallest absolute Gasteiger partial charge is 0.138 e. The van der Waals surface area contributed by atoms with E-state index in [4.69, 9.17) is 17.3 Å². The number of benzene rings is 1. The van der Waals surface area contributed by atoms with Gasteiger partial charge in [-0.1, -0.05) is 24.6 Å². The van der Waals surface area contributed by atoms with Crippen molar-refractivity contribution in [3.8, 4) is 5.69 Å². The minimum Gasteiger partial charge on any atom is -0.330 e. The maximum atomic E-state index is 6.19. The molecule has 4 nitrogen and oxygen atoms in total.